The van der Waals surface area contributed by atoms with Gasteiger partial charge in [-0.25, -0.2) is 0 Å². The molecule has 2 saturated heterocycles. The number of hydrogen-bond acceptors (Lipinski definition) is 5. The molecule has 3 rings (SSSR count). The van der Waals surface area contributed by atoms with Crippen molar-refractivity contribution in [3.05, 3.63) is 17.5 Å². The molecule has 0 aliphatic carbocycles. The maximum absolute atomic E-state index is 5.46. The second-order valence-corrected chi connectivity index (χ2v) is 6.43. The van der Waals surface area contributed by atoms with E-state index in [0.717, 1.165) is 50.2 Å². The van der Waals surface area contributed by atoms with Crippen LogP contribution in [0, 0.1) is 12.8 Å². The van der Waals surface area contributed by atoms with E-state index in [-0.39, 0.29) is 0 Å². The first-order valence-electron chi connectivity index (χ1n) is 8.19. The predicted octanol–water partition coefficient (Wildman–Crippen LogP) is 1.92. The van der Waals surface area contributed by atoms with Gasteiger partial charge in [-0.05, 0) is 45.7 Å². The number of nitrogens with zero attached hydrogens (tertiary/aromatic N) is 3. The normalized spacial score (nSPS) is 24.3. The predicted molar refractivity (Wildman–Crippen MR) is 81.1 cm³/mol. The molecule has 0 radical (unpaired) electrons. The van der Waals surface area contributed by atoms with Gasteiger partial charge >= 0.3 is 0 Å². The average Bonchev–Trinajstić information content (AvgIpc) is 2.93. The average molecular weight is 293 g/mol. The van der Waals surface area contributed by atoms with Gasteiger partial charge in [0.25, 0.3) is 0 Å². The maximum Gasteiger partial charge on any atom is 0.133 e. The number of rotatable bonds is 4. The summed E-state index contributed by atoms with van der Waals surface area (Å²) >= 11 is 0. The Morgan fingerprint density at radius 3 is 2.57 bits per heavy atom. The maximum atomic E-state index is 5.46. The zero-order valence-electron chi connectivity index (χ0n) is 13.3. The Bertz CT molecular complexity index is 434. The summed E-state index contributed by atoms with van der Waals surface area (Å²) in [5.74, 6) is 1.72. The fraction of sp³-hybridized carbons (Fsp3) is 0.812. The van der Waals surface area contributed by atoms with E-state index in [9.17, 15) is 0 Å². The van der Waals surface area contributed by atoms with Gasteiger partial charge < -0.3 is 9.26 Å². The number of aryl methyl sites for hydroxylation is 1. The van der Waals surface area contributed by atoms with Gasteiger partial charge in [0.1, 0.15) is 5.76 Å². The summed E-state index contributed by atoms with van der Waals surface area (Å²) in [5, 5.41) is 4.10. The molecule has 5 heteroatoms. The molecule has 0 spiro atoms. The van der Waals surface area contributed by atoms with Crippen LogP contribution in [-0.4, -0.2) is 60.4 Å². The first kappa shape index (κ1) is 15.0. The molecule has 1 atom stereocenters. The standard InChI is InChI=1S/C16H27N3O2/c1-13-11-16(17-21-13)12-18-5-3-15(4-6-18)14(2)19-7-9-20-10-8-19/h11,14-15H,3-10,12H2,1-2H3/t14-/m0/s1. The van der Waals surface area contributed by atoms with Crippen molar-refractivity contribution in [1.82, 2.24) is 15.0 Å². The molecule has 0 bridgehead atoms. The molecule has 118 valence electrons. The summed E-state index contributed by atoms with van der Waals surface area (Å²) < 4.78 is 10.6. The van der Waals surface area contributed by atoms with E-state index in [4.69, 9.17) is 9.26 Å². The van der Waals surface area contributed by atoms with Crippen LogP contribution in [0.3, 0.4) is 0 Å². The van der Waals surface area contributed by atoms with Crippen LogP contribution in [0.5, 0.6) is 0 Å². The third kappa shape index (κ3) is 3.84. The summed E-state index contributed by atoms with van der Waals surface area (Å²) in [6, 6.07) is 2.73. The van der Waals surface area contributed by atoms with Crippen LogP contribution in [0.4, 0.5) is 0 Å². The van der Waals surface area contributed by atoms with Crippen LogP contribution in [0.2, 0.25) is 0 Å². The highest BCUT2D eigenvalue weighted by Gasteiger charge is 2.28. The molecule has 2 aliphatic heterocycles. The molecule has 2 aliphatic rings. The Balaban J connectivity index is 1.45. The van der Waals surface area contributed by atoms with Crippen molar-refractivity contribution in [3.8, 4) is 0 Å². The number of aromatic nitrogens is 1. The molecule has 1 aromatic heterocycles. The Morgan fingerprint density at radius 1 is 1.24 bits per heavy atom. The summed E-state index contributed by atoms with van der Waals surface area (Å²) in [4.78, 5) is 5.10. The fourth-order valence-electron chi connectivity index (χ4n) is 3.60. The van der Waals surface area contributed by atoms with Crippen molar-refractivity contribution in [1.29, 1.82) is 0 Å². The lowest BCUT2D eigenvalue weighted by Crippen LogP contribution is -2.48. The van der Waals surface area contributed by atoms with Crippen LogP contribution >= 0.6 is 0 Å². The van der Waals surface area contributed by atoms with Gasteiger partial charge in [0.05, 0.1) is 18.9 Å². The minimum absolute atomic E-state index is 0.686. The Hall–Kier alpha value is -0.910. The molecule has 0 aromatic carbocycles. The second-order valence-electron chi connectivity index (χ2n) is 6.43. The zero-order valence-corrected chi connectivity index (χ0v) is 13.3. The number of ether oxygens (including phenoxy) is 1. The summed E-state index contributed by atoms with van der Waals surface area (Å²) in [6.45, 7) is 11.6. The topological polar surface area (TPSA) is 41.7 Å². The smallest absolute Gasteiger partial charge is 0.133 e. The Morgan fingerprint density at radius 2 is 1.95 bits per heavy atom. The Labute approximate surface area is 127 Å². The van der Waals surface area contributed by atoms with E-state index in [1.54, 1.807) is 0 Å². The van der Waals surface area contributed by atoms with Crippen molar-refractivity contribution < 1.29 is 9.26 Å². The highest BCUT2D eigenvalue weighted by molar-refractivity contribution is 5.03. The summed E-state index contributed by atoms with van der Waals surface area (Å²) in [5.41, 5.74) is 1.06. The van der Waals surface area contributed by atoms with Crippen LogP contribution in [0.1, 0.15) is 31.2 Å². The molecule has 0 unspecified atom stereocenters. The molecular weight excluding hydrogens is 266 g/mol. The largest absolute Gasteiger partial charge is 0.379 e. The van der Waals surface area contributed by atoms with Gasteiger partial charge in [0.2, 0.25) is 0 Å². The first-order valence-corrected chi connectivity index (χ1v) is 8.19. The van der Waals surface area contributed by atoms with E-state index in [1.165, 1.54) is 25.9 Å². The van der Waals surface area contributed by atoms with Gasteiger partial charge in [0, 0.05) is 31.7 Å². The van der Waals surface area contributed by atoms with E-state index in [2.05, 4.69) is 21.9 Å². The lowest BCUT2D eigenvalue weighted by atomic mass is 9.89. The van der Waals surface area contributed by atoms with E-state index < -0.39 is 0 Å². The van der Waals surface area contributed by atoms with Crippen molar-refractivity contribution in [3.63, 3.8) is 0 Å². The monoisotopic (exact) mass is 293 g/mol. The molecule has 0 amide bonds. The van der Waals surface area contributed by atoms with Crippen LogP contribution in [0.15, 0.2) is 10.6 Å². The van der Waals surface area contributed by atoms with E-state index in [0.29, 0.717) is 6.04 Å². The van der Waals surface area contributed by atoms with Gasteiger partial charge in [-0.1, -0.05) is 5.16 Å². The highest BCUT2D eigenvalue weighted by Crippen LogP contribution is 2.25. The fourth-order valence-corrected chi connectivity index (χ4v) is 3.60. The number of piperidine rings is 1. The van der Waals surface area contributed by atoms with Gasteiger partial charge in [-0.2, -0.15) is 0 Å². The minimum atomic E-state index is 0.686. The number of likely N-dealkylation sites (tertiary alicyclic amines) is 1. The van der Waals surface area contributed by atoms with Crippen molar-refractivity contribution in [2.75, 3.05) is 39.4 Å². The van der Waals surface area contributed by atoms with Crippen LogP contribution in [0.25, 0.3) is 0 Å². The quantitative estimate of drug-likeness (QED) is 0.848. The van der Waals surface area contributed by atoms with Crippen molar-refractivity contribution >= 4 is 0 Å². The molecule has 0 saturated carbocycles. The highest BCUT2D eigenvalue weighted by atomic mass is 16.5. The van der Waals surface area contributed by atoms with Gasteiger partial charge in [0.15, 0.2) is 0 Å². The first-order chi connectivity index (χ1) is 10.2. The molecular formula is C16H27N3O2. The minimum Gasteiger partial charge on any atom is -0.379 e. The molecule has 3 heterocycles. The third-order valence-corrected chi connectivity index (χ3v) is 5.00. The summed E-state index contributed by atoms with van der Waals surface area (Å²) in [6.07, 6.45) is 2.57. The number of morpholine rings is 1. The van der Waals surface area contributed by atoms with E-state index >= 15 is 0 Å². The zero-order chi connectivity index (χ0) is 14.7. The lowest BCUT2D eigenvalue weighted by Gasteiger charge is -2.40. The van der Waals surface area contributed by atoms with Crippen molar-refractivity contribution in [2.24, 2.45) is 5.92 Å². The Kier molecular flexibility index (Phi) is 4.93. The molecule has 21 heavy (non-hydrogen) atoms. The summed E-state index contributed by atoms with van der Waals surface area (Å²) in [7, 11) is 0. The molecule has 2 fully saturated rings. The lowest BCUT2D eigenvalue weighted by molar-refractivity contribution is -0.00201. The molecule has 0 N–H and O–H groups in total. The van der Waals surface area contributed by atoms with Crippen molar-refractivity contribution in [2.45, 2.75) is 39.3 Å². The van der Waals surface area contributed by atoms with Gasteiger partial charge in [-0.15, -0.1) is 0 Å². The second kappa shape index (κ2) is 6.90. The number of hydrogen-bond donors (Lipinski definition) is 0. The molecule has 1 aromatic rings. The van der Waals surface area contributed by atoms with Crippen LogP contribution in [-0.2, 0) is 11.3 Å². The van der Waals surface area contributed by atoms with Gasteiger partial charge in [-0.3, -0.25) is 9.80 Å². The van der Waals surface area contributed by atoms with Crippen LogP contribution < -0.4 is 0 Å². The molecule has 5 nitrogen and oxygen atoms in total. The third-order valence-electron chi connectivity index (χ3n) is 5.00. The SMILES string of the molecule is Cc1cc(CN2CCC([C@H](C)N3CCOCC3)CC2)no1. The van der Waals surface area contributed by atoms with E-state index in [1.807, 2.05) is 13.0 Å².